The number of nitrogens with zero attached hydrogens (tertiary/aromatic N) is 1. The van der Waals surface area contributed by atoms with Crippen LogP contribution in [0.3, 0.4) is 0 Å². The standard InChI is InChI=1S/C17H14F3N3O4S/c18-17(19,20)16(22-28(26,27)13-9-5-2-6-10-13)14(24)23(15(25)21-16)11-12-7-3-1-4-8-12/h1-10,22H,11H2,(H,21,25)/t16-/m0/s1. The summed E-state index contributed by atoms with van der Waals surface area (Å²) in [4.78, 5) is 24.6. The maximum Gasteiger partial charge on any atom is 0.435 e. The van der Waals surface area contributed by atoms with Crippen molar-refractivity contribution in [3.05, 3.63) is 66.2 Å². The van der Waals surface area contributed by atoms with Crippen LogP contribution in [0.1, 0.15) is 5.56 Å². The second kappa shape index (κ2) is 6.91. The van der Waals surface area contributed by atoms with Crippen molar-refractivity contribution in [2.24, 2.45) is 0 Å². The van der Waals surface area contributed by atoms with E-state index in [0.717, 1.165) is 12.1 Å². The summed E-state index contributed by atoms with van der Waals surface area (Å²) in [7, 11) is -4.77. The molecule has 3 amide bonds. The first-order valence-corrected chi connectivity index (χ1v) is 9.39. The first-order chi connectivity index (χ1) is 13.1. The van der Waals surface area contributed by atoms with Gasteiger partial charge in [0.2, 0.25) is 10.0 Å². The Morgan fingerprint density at radius 2 is 1.50 bits per heavy atom. The van der Waals surface area contributed by atoms with Gasteiger partial charge in [0.15, 0.2) is 0 Å². The Bertz CT molecular complexity index is 997. The van der Waals surface area contributed by atoms with Crippen LogP contribution in [0, 0.1) is 0 Å². The molecule has 0 bridgehead atoms. The van der Waals surface area contributed by atoms with Crippen LogP contribution in [0.2, 0.25) is 0 Å². The van der Waals surface area contributed by atoms with Crippen molar-refractivity contribution < 1.29 is 31.2 Å². The summed E-state index contributed by atoms with van der Waals surface area (Å²) in [6.07, 6.45) is -5.42. The molecule has 1 saturated heterocycles. The minimum Gasteiger partial charge on any atom is -0.303 e. The van der Waals surface area contributed by atoms with E-state index in [1.807, 2.05) is 0 Å². The molecule has 2 N–H and O–H groups in total. The van der Waals surface area contributed by atoms with Crippen molar-refractivity contribution in [1.29, 1.82) is 0 Å². The second-order valence-electron chi connectivity index (χ2n) is 5.97. The summed E-state index contributed by atoms with van der Waals surface area (Å²) < 4.78 is 67.6. The van der Waals surface area contributed by atoms with Gasteiger partial charge in [0, 0.05) is 0 Å². The second-order valence-corrected chi connectivity index (χ2v) is 7.66. The number of urea groups is 1. The molecule has 3 rings (SSSR count). The van der Waals surface area contributed by atoms with Gasteiger partial charge < -0.3 is 5.32 Å². The van der Waals surface area contributed by atoms with Gasteiger partial charge in [0.1, 0.15) is 0 Å². The molecule has 1 fully saturated rings. The number of nitrogens with one attached hydrogen (secondary N) is 2. The molecule has 0 spiro atoms. The molecule has 1 aliphatic heterocycles. The Morgan fingerprint density at radius 1 is 0.964 bits per heavy atom. The number of rotatable bonds is 5. The number of imide groups is 1. The lowest BCUT2D eigenvalue weighted by atomic mass is 10.1. The Balaban J connectivity index is 1.99. The van der Waals surface area contributed by atoms with E-state index in [9.17, 15) is 31.2 Å². The summed E-state index contributed by atoms with van der Waals surface area (Å²) in [5.41, 5.74) is -3.40. The largest absolute Gasteiger partial charge is 0.435 e. The Morgan fingerprint density at radius 3 is 2.04 bits per heavy atom. The molecule has 1 aliphatic rings. The molecule has 11 heteroatoms. The van der Waals surface area contributed by atoms with Crippen molar-refractivity contribution >= 4 is 22.0 Å². The molecule has 0 radical (unpaired) electrons. The fraction of sp³-hybridized carbons (Fsp3) is 0.176. The van der Waals surface area contributed by atoms with Crippen molar-refractivity contribution in [2.75, 3.05) is 0 Å². The third kappa shape index (κ3) is 3.45. The fourth-order valence-corrected chi connectivity index (χ4v) is 3.96. The van der Waals surface area contributed by atoms with Crippen LogP contribution >= 0.6 is 0 Å². The lowest BCUT2D eigenvalue weighted by Gasteiger charge is -2.29. The van der Waals surface area contributed by atoms with Crippen LogP contribution < -0.4 is 10.0 Å². The van der Waals surface area contributed by atoms with E-state index < -0.39 is 45.2 Å². The zero-order valence-corrected chi connectivity index (χ0v) is 14.9. The van der Waals surface area contributed by atoms with Crippen LogP contribution in [0.5, 0.6) is 0 Å². The normalized spacial score (nSPS) is 20.3. The van der Waals surface area contributed by atoms with E-state index in [-0.39, 0.29) is 0 Å². The first kappa shape index (κ1) is 19.8. The number of hydrogen-bond acceptors (Lipinski definition) is 4. The lowest BCUT2D eigenvalue weighted by molar-refractivity contribution is -0.198. The molecule has 0 aliphatic carbocycles. The average Bonchev–Trinajstić information content (AvgIpc) is 2.88. The first-order valence-electron chi connectivity index (χ1n) is 7.91. The smallest absolute Gasteiger partial charge is 0.303 e. The van der Waals surface area contributed by atoms with E-state index in [2.05, 4.69) is 0 Å². The van der Waals surface area contributed by atoms with Crippen LogP contribution in [0.4, 0.5) is 18.0 Å². The SMILES string of the molecule is O=C1N[C@@](NS(=O)(=O)c2ccccc2)(C(F)(F)F)C(=O)N1Cc1ccccc1. The number of carbonyl (C=O) groups is 2. The van der Waals surface area contributed by atoms with E-state index in [1.54, 1.807) is 18.2 Å². The van der Waals surface area contributed by atoms with Gasteiger partial charge >= 0.3 is 12.2 Å². The van der Waals surface area contributed by atoms with Gasteiger partial charge in [-0.15, -0.1) is 0 Å². The van der Waals surface area contributed by atoms with E-state index in [4.69, 9.17) is 0 Å². The number of sulfonamides is 1. The highest BCUT2D eigenvalue weighted by molar-refractivity contribution is 7.89. The number of hydrogen-bond donors (Lipinski definition) is 2. The molecule has 1 heterocycles. The summed E-state index contributed by atoms with van der Waals surface area (Å²) in [6.45, 7) is -0.448. The average molecular weight is 413 g/mol. The van der Waals surface area contributed by atoms with Crippen LogP contribution in [0.15, 0.2) is 65.6 Å². The molecular weight excluding hydrogens is 399 g/mol. The highest BCUT2D eigenvalue weighted by Crippen LogP contribution is 2.35. The quantitative estimate of drug-likeness (QED) is 0.733. The van der Waals surface area contributed by atoms with Gasteiger partial charge in [0.05, 0.1) is 11.4 Å². The minimum atomic E-state index is -5.42. The molecule has 0 saturated carbocycles. The molecular formula is C17H14F3N3O4S. The number of amides is 3. The maximum absolute atomic E-state index is 13.8. The molecule has 0 unspecified atom stereocenters. The molecule has 1 atom stereocenters. The molecule has 7 nitrogen and oxygen atoms in total. The summed E-state index contributed by atoms with van der Waals surface area (Å²) >= 11 is 0. The summed E-state index contributed by atoms with van der Waals surface area (Å²) in [5, 5.41) is 1.48. The van der Waals surface area contributed by atoms with E-state index >= 15 is 0 Å². The third-order valence-electron chi connectivity index (χ3n) is 4.06. The zero-order chi connectivity index (χ0) is 20.6. The van der Waals surface area contributed by atoms with Crippen LogP contribution in [-0.4, -0.2) is 37.1 Å². The van der Waals surface area contributed by atoms with E-state index in [1.165, 1.54) is 40.4 Å². The van der Waals surface area contributed by atoms with Crippen LogP contribution in [0.25, 0.3) is 0 Å². The fourth-order valence-electron chi connectivity index (χ4n) is 2.66. The topological polar surface area (TPSA) is 95.6 Å². The lowest BCUT2D eigenvalue weighted by Crippen LogP contribution is -2.69. The third-order valence-corrected chi connectivity index (χ3v) is 5.52. The zero-order valence-electron chi connectivity index (χ0n) is 14.1. The molecule has 2 aromatic carbocycles. The number of halogens is 3. The van der Waals surface area contributed by atoms with Gasteiger partial charge in [-0.25, -0.2) is 13.2 Å². The molecule has 28 heavy (non-hydrogen) atoms. The highest BCUT2D eigenvalue weighted by Gasteiger charge is 2.69. The summed E-state index contributed by atoms with van der Waals surface area (Å²) in [5.74, 6) is -1.76. The molecule has 148 valence electrons. The molecule has 0 aromatic heterocycles. The van der Waals surface area contributed by atoms with Gasteiger partial charge in [0.25, 0.3) is 11.6 Å². The van der Waals surface area contributed by atoms with Gasteiger partial charge in [-0.1, -0.05) is 48.5 Å². The molecule has 2 aromatic rings. The Kier molecular flexibility index (Phi) is 4.90. The highest BCUT2D eigenvalue weighted by atomic mass is 32.2. The van der Waals surface area contributed by atoms with Crippen LogP contribution in [-0.2, 0) is 21.4 Å². The predicted octanol–water partition coefficient (Wildman–Crippen LogP) is 1.98. The Hall–Kier alpha value is -2.92. The van der Waals surface area contributed by atoms with Crippen molar-refractivity contribution in [2.45, 2.75) is 23.3 Å². The monoisotopic (exact) mass is 413 g/mol. The minimum absolute atomic E-state index is 0.316. The maximum atomic E-state index is 13.8. The van der Waals surface area contributed by atoms with Crippen molar-refractivity contribution in [3.63, 3.8) is 0 Å². The summed E-state index contributed by atoms with van der Waals surface area (Å²) in [6, 6.07) is 12.7. The van der Waals surface area contributed by atoms with Crippen molar-refractivity contribution in [1.82, 2.24) is 14.9 Å². The van der Waals surface area contributed by atoms with Crippen molar-refractivity contribution in [3.8, 4) is 0 Å². The number of benzene rings is 2. The van der Waals surface area contributed by atoms with Gasteiger partial charge in [-0.2, -0.15) is 17.9 Å². The van der Waals surface area contributed by atoms with Gasteiger partial charge in [-0.05, 0) is 17.7 Å². The van der Waals surface area contributed by atoms with E-state index in [0.29, 0.717) is 10.5 Å². The van der Waals surface area contributed by atoms with Gasteiger partial charge in [-0.3, -0.25) is 9.69 Å². The Labute approximate surface area is 158 Å². The number of alkyl halides is 3. The number of carbonyl (C=O) groups excluding carboxylic acids is 2. The predicted molar refractivity (Wildman–Crippen MR) is 91.1 cm³/mol.